The van der Waals surface area contributed by atoms with E-state index in [1.54, 1.807) is 10.7 Å². The summed E-state index contributed by atoms with van der Waals surface area (Å²) in [5.74, 6) is 1.31. The molecule has 0 amide bonds. The molecule has 0 atom stereocenters. The zero-order chi connectivity index (χ0) is 19.6. The highest BCUT2D eigenvalue weighted by molar-refractivity contribution is 6.30. The van der Waals surface area contributed by atoms with Crippen LogP contribution in [-0.2, 0) is 13.1 Å². The molecule has 0 N–H and O–H groups in total. The highest BCUT2D eigenvalue weighted by atomic mass is 35.5. The van der Waals surface area contributed by atoms with E-state index in [0.717, 1.165) is 28.1 Å². The van der Waals surface area contributed by atoms with Crippen LogP contribution in [0.5, 0.6) is 5.75 Å². The van der Waals surface area contributed by atoms with Crippen molar-refractivity contribution in [1.82, 2.24) is 35.2 Å². The number of benzene rings is 2. The third kappa shape index (κ3) is 3.88. The van der Waals surface area contributed by atoms with Crippen LogP contribution >= 0.6 is 11.6 Å². The van der Waals surface area contributed by atoms with Gasteiger partial charge in [0.2, 0.25) is 5.82 Å². The summed E-state index contributed by atoms with van der Waals surface area (Å²) in [6, 6.07) is 15.6. The van der Waals surface area contributed by atoms with Crippen molar-refractivity contribution in [2.24, 2.45) is 0 Å². The Labute approximate surface area is 171 Å². The maximum Gasteiger partial charge on any atom is 0.204 e. The third-order valence-corrected chi connectivity index (χ3v) is 4.74. The largest absolute Gasteiger partial charge is 0.488 e. The van der Waals surface area contributed by atoms with Crippen LogP contribution in [0, 0.1) is 0 Å². The van der Waals surface area contributed by atoms with Gasteiger partial charge in [0.15, 0.2) is 0 Å². The smallest absolute Gasteiger partial charge is 0.204 e. The van der Waals surface area contributed by atoms with Gasteiger partial charge >= 0.3 is 0 Å². The molecule has 5 rings (SSSR count). The van der Waals surface area contributed by atoms with Gasteiger partial charge in [0.1, 0.15) is 24.6 Å². The maximum absolute atomic E-state index is 6.07. The van der Waals surface area contributed by atoms with E-state index in [9.17, 15) is 0 Å². The molecule has 144 valence electrons. The second-order valence-corrected chi connectivity index (χ2v) is 7.11. The highest BCUT2D eigenvalue weighted by Gasteiger charge is 2.17. The molecular formula is C20H16ClN7O. The average Bonchev–Trinajstić information content (AvgIpc) is 3.38. The van der Waals surface area contributed by atoms with Gasteiger partial charge in [0.25, 0.3) is 0 Å². The monoisotopic (exact) mass is 405 g/mol. The van der Waals surface area contributed by atoms with Gasteiger partial charge in [-0.05, 0) is 35.1 Å². The number of hydrogen-bond donors (Lipinski definition) is 0. The standard InChI is InChI=1S/C20H16ClN7O/c21-17-6-7-19-15(9-17)8-16(13-29-19)20-23-26-28(24-20)12-18-11-27(25-22-18)10-14-4-2-1-3-5-14/h1-9,11H,10,12-13H2. The first kappa shape index (κ1) is 17.6. The number of aromatic nitrogens is 7. The Balaban J connectivity index is 1.30. The molecule has 0 radical (unpaired) electrons. The summed E-state index contributed by atoms with van der Waals surface area (Å²) in [5, 5.41) is 21.8. The SMILES string of the molecule is Clc1ccc2c(c1)C=C(c1nnn(Cc3cn(Cc4ccccc4)nn3)n1)CO2. The average molecular weight is 406 g/mol. The van der Waals surface area contributed by atoms with Crippen molar-refractivity contribution in [1.29, 1.82) is 0 Å². The lowest BCUT2D eigenvalue weighted by Crippen LogP contribution is -2.08. The molecule has 29 heavy (non-hydrogen) atoms. The van der Waals surface area contributed by atoms with E-state index in [4.69, 9.17) is 16.3 Å². The molecule has 0 aliphatic carbocycles. The van der Waals surface area contributed by atoms with Crippen LogP contribution in [-0.4, -0.2) is 41.8 Å². The Morgan fingerprint density at radius 1 is 1.00 bits per heavy atom. The van der Waals surface area contributed by atoms with Crippen LogP contribution < -0.4 is 4.74 Å². The fourth-order valence-corrected chi connectivity index (χ4v) is 3.30. The zero-order valence-electron chi connectivity index (χ0n) is 15.3. The molecule has 0 unspecified atom stereocenters. The first-order valence-corrected chi connectivity index (χ1v) is 9.45. The van der Waals surface area contributed by atoms with E-state index in [2.05, 4.69) is 37.9 Å². The lowest BCUT2D eigenvalue weighted by Gasteiger charge is -2.16. The summed E-state index contributed by atoms with van der Waals surface area (Å²) < 4.78 is 7.56. The van der Waals surface area contributed by atoms with Crippen molar-refractivity contribution in [2.45, 2.75) is 13.1 Å². The number of nitrogens with zero attached hydrogens (tertiary/aromatic N) is 7. The van der Waals surface area contributed by atoms with Crippen LogP contribution in [0.2, 0.25) is 5.02 Å². The summed E-state index contributed by atoms with van der Waals surface area (Å²) in [6.45, 7) is 1.43. The topological polar surface area (TPSA) is 83.5 Å². The van der Waals surface area contributed by atoms with E-state index >= 15 is 0 Å². The zero-order valence-corrected chi connectivity index (χ0v) is 16.1. The Bertz CT molecular complexity index is 1180. The minimum absolute atomic E-state index is 0.383. The molecule has 0 saturated carbocycles. The first-order chi connectivity index (χ1) is 14.2. The van der Waals surface area contributed by atoms with E-state index < -0.39 is 0 Å². The molecule has 0 bridgehead atoms. The van der Waals surface area contributed by atoms with Crippen LogP contribution in [0.25, 0.3) is 11.6 Å². The second-order valence-electron chi connectivity index (χ2n) is 6.68. The van der Waals surface area contributed by atoms with Gasteiger partial charge < -0.3 is 4.74 Å². The number of fused-ring (bicyclic) bond motifs is 1. The Morgan fingerprint density at radius 3 is 2.79 bits per heavy atom. The highest BCUT2D eigenvalue weighted by Crippen LogP contribution is 2.31. The fourth-order valence-electron chi connectivity index (χ4n) is 3.12. The summed E-state index contributed by atoms with van der Waals surface area (Å²) >= 11 is 6.07. The molecule has 1 aliphatic rings. The molecule has 2 aromatic carbocycles. The Morgan fingerprint density at radius 2 is 1.90 bits per heavy atom. The lowest BCUT2D eigenvalue weighted by atomic mass is 10.1. The third-order valence-electron chi connectivity index (χ3n) is 4.50. The van der Waals surface area contributed by atoms with Crippen molar-refractivity contribution in [2.75, 3.05) is 6.61 Å². The quantitative estimate of drug-likeness (QED) is 0.507. The molecule has 4 aromatic rings. The summed E-state index contributed by atoms with van der Waals surface area (Å²) in [4.78, 5) is 1.50. The molecule has 9 heteroatoms. The van der Waals surface area contributed by atoms with Gasteiger partial charge in [-0.3, -0.25) is 0 Å². The summed E-state index contributed by atoms with van der Waals surface area (Å²) in [5.41, 5.74) is 3.67. The van der Waals surface area contributed by atoms with Crippen molar-refractivity contribution in [3.05, 3.63) is 82.4 Å². The Kier molecular flexibility index (Phi) is 4.53. The fraction of sp³-hybridized carbons (Fsp3) is 0.150. The van der Waals surface area contributed by atoms with Gasteiger partial charge in [0, 0.05) is 16.2 Å². The minimum atomic E-state index is 0.383. The molecule has 8 nitrogen and oxygen atoms in total. The van der Waals surface area contributed by atoms with E-state index in [-0.39, 0.29) is 0 Å². The van der Waals surface area contributed by atoms with Crippen LogP contribution in [0.15, 0.2) is 54.7 Å². The number of hydrogen-bond acceptors (Lipinski definition) is 6. The van der Waals surface area contributed by atoms with Crippen LogP contribution in [0.1, 0.15) is 22.6 Å². The van der Waals surface area contributed by atoms with Crippen molar-refractivity contribution in [3.63, 3.8) is 0 Å². The molecule has 0 saturated heterocycles. The molecule has 3 heterocycles. The van der Waals surface area contributed by atoms with Crippen molar-refractivity contribution < 1.29 is 4.74 Å². The lowest BCUT2D eigenvalue weighted by molar-refractivity contribution is 0.365. The van der Waals surface area contributed by atoms with Gasteiger partial charge in [0.05, 0.1) is 12.7 Å². The van der Waals surface area contributed by atoms with Crippen molar-refractivity contribution >= 4 is 23.3 Å². The summed E-state index contributed by atoms with van der Waals surface area (Å²) in [6.07, 6.45) is 3.86. The van der Waals surface area contributed by atoms with E-state index in [1.165, 1.54) is 4.80 Å². The summed E-state index contributed by atoms with van der Waals surface area (Å²) in [7, 11) is 0. The molecule has 0 fully saturated rings. The molecule has 1 aliphatic heterocycles. The molecule has 0 spiro atoms. The normalized spacial score (nSPS) is 12.9. The van der Waals surface area contributed by atoms with Crippen LogP contribution in [0.3, 0.4) is 0 Å². The number of ether oxygens (including phenoxy) is 1. The van der Waals surface area contributed by atoms with E-state index in [0.29, 0.717) is 30.5 Å². The van der Waals surface area contributed by atoms with E-state index in [1.807, 2.05) is 42.6 Å². The van der Waals surface area contributed by atoms with Gasteiger partial charge in [-0.1, -0.05) is 47.1 Å². The minimum Gasteiger partial charge on any atom is -0.488 e. The van der Waals surface area contributed by atoms with Crippen LogP contribution in [0.4, 0.5) is 0 Å². The van der Waals surface area contributed by atoms with Gasteiger partial charge in [-0.15, -0.1) is 15.3 Å². The predicted molar refractivity (Wildman–Crippen MR) is 107 cm³/mol. The first-order valence-electron chi connectivity index (χ1n) is 9.07. The maximum atomic E-state index is 6.07. The predicted octanol–water partition coefficient (Wildman–Crippen LogP) is 2.95. The number of halogens is 1. The number of tetrazole rings is 1. The van der Waals surface area contributed by atoms with Gasteiger partial charge in [-0.25, -0.2) is 4.68 Å². The number of rotatable bonds is 5. The second kappa shape index (κ2) is 7.48. The Hall–Kier alpha value is -3.52. The van der Waals surface area contributed by atoms with Gasteiger partial charge in [-0.2, -0.15) is 4.80 Å². The molecular weight excluding hydrogens is 390 g/mol. The van der Waals surface area contributed by atoms with Crippen molar-refractivity contribution in [3.8, 4) is 5.75 Å². The molecule has 2 aromatic heterocycles.